The van der Waals surface area contributed by atoms with Crippen molar-refractivity contribution in [2.24, 2.45) is 0 Å². The van der Waals surface area contributed by atoms with Crippen LogP contribution in [0.1, 0.15) is 5.76 Å². The third-order valence-corrected chi connectivity index (χ3v) is 4.28. The normalized spacial score (nSPS) is 10.6. The second-order valence-corrected chi connectivity index (χ2v) is 6.67. The molecule has 0 bridgehead atoms. The van der Waals surface area contributed by atoms with Gasteiger partial charge in [-0.05, 0) is 42.0 Å². The van der Waals surface area contributed by atoms with Gasteiger partial charge in [-0.25, -0.2) is 4.42 Å². The molecule has 0 fully saturated rings. The van der Waals surface area contributed by atoms with E-state index in [0.29, 0.717) is 0 Å². The first-order valence-electron chi connectivity index (χ1n) is 6.58. The molecule has 1 nitrogen and oxygen atoms in total. The fraction of sp³-hybridized carbons (Fsp3) is 0.0556. The summed E-state index contributed by atoms with van der Waals surface area (Å²) in [4.78, 5) is 0. The van der Waals surface area contributed by atoms with Gasteiger partial charge in [-0.2, -0.15) is 0 Å². The van der Waals surface area contributed by atoms with Crippen LogP contribution in [0.25, 0.3) is 22.5 Å². The van der Waals surface area contributed by atoms with Gasteiger partial charge in [0.25, 0.3) is 0 Å². The van der Waals surface area contributed by atoms with Crippen molar-refractivity contribution in [2.75, 3.05) is 0 Å². The third kappa shape index (κ3) is 3.42. The zero-order chi connectivity index (χ0) is 14.8. The van der Waals surface area contributed by atoms with Crippen LogP contribution in [-0.4, -0.2) is 0 Å². The molecule has 0 aliphatic heterocycles. The molecule has 0 saturated carbocycles. The molecule has 0 aliphatic carbocycles. The highest BCUT2D eigenvalue weighted by atomic mass is 79.9. The Labute approximate surface area is 140 Å². The molecule has 3 heteroatoms. The summed E-state index contributed by atoms with van der Waals surface area (Å²) >= 11 is 6.92. The SMILES string of the molecule is Cc1cc(-c2ccc(Br)cc2)cc(-c2ccc(Br)cc2)[o+]1. The van der Waals surface area contributed by atoms with E-state index in [1.54, 1.807) is 0 Å². The van der Waals surface area contributed by atoms with E-state index >= 15 is 0 Å². The van der Waals surface area contributed by atoms with Gasteiger partial charge in [-0.15, -0.1) is 0 Å². The highest BCUT2D eigenvalue weighted by Crippen LogP contribution is 2.29. The lowest BCUT2D eigenvalue weighted by atomic mass is 10.0. The molecule has 1 aromatic heterocycles. The smallest absolute Gasteiger partial charge is 0.213 e. The Kier molecular flexibility index (Phi) is 4.22. The Bertz CT molecular complexity index is 698. The van der Waals surface area contributed by atoms with E-state index in [4.69, 9.17) is 4.42 Å². The Morgan fingerprint density at radius 1 is 0.667 bits per heavy atom. The molecule has 3 aromatic rings. The van der Waals surface area contributed by atoms with Gasteiger partial charge in [0.2, 0.25) is 0 Å². The van der Waals surface area contributed by atoms with Gasteiger partial charge in [-0.1, -0.05) is 44.0 Å². The second-order valence-electron chi connectivity index (χ2n) is 4.83. The fourth-order valence-electron chi connectivity index (χ4n) is 2.20. The molecule has 0 amide bonds. The molecular weight excluding hydrogens is 392 g/mol. The molecular formula is C18H13Br2O+. The third-order valence-electron chi connectivity index (χ3n) is 3.22. The number of rotatable bonds is 2. The van der Waals surface area contributed by atoms with E-state index in [9.17, 15) is 0 Å². The van der Waals surface area contributed by atoms with Crippen molar-refractivity contribution >= 4 is 31.9 Å². The lowest BCUT2D eigenvalue weighted by molar-refractivity contribution is 0.532. The van der Waals surface area contributed by atoms with E-state index in [-0.39, 0.29) is 0 Å². The zero-order valence-electron chi connectivity index (χ0n) is 11.4. The van der Waals surface area contributed by atoms with Crippen LogP contribution in [0.5, 0.6) is 0 Å². The van der Waals surface area contributed by atoms with Crippen LogP contribution in [0.3, 0.4) is 0 Å². The minimum absolute atomic E-state index is 0.875. The summed E-state index contributed by atoms with van der Waals surface area (Å²) in [5, 5.41) is 0. The lowest BCUT2D eigenvalue weighted by Crippen LogP contribution is -1.84. The van der Waals surface area contributed by atoms with Gasteiger partial charge in [0.05, 0.1) is 18.6 Å². The largest absolute Gasteiger partial charge is 0.360 e. The van der Waals surface area contributed by atoms with E-state index < -0.39 is 0 Å². The summed E-state index contributed by atoms with van der Waals surface area (Å²) in [6.45, 7) is 1.98. The minimum atomic E-state index is 0.875. The average Bonchev–Trinajstić information content (AvgIpc) is 2.48. The average molecular weight is 405 g/mol. The first-order chi connectivity index (χ1) is 10.1. The topological polar surface area (TPSA) is 11.3 Å². The van der Waals surface area contributed by atoms with Crippen molar-refractivity contribution in [3.8, 4) is 22.5 Å². The summed E-state index contributed by atoms with van der Waals surface area (Å²) in [6, 6.07) is 20.6. The maximum absolute atomic E-state index is 5.86. The van der Waals surface area contributed by atoms with Crippen molar-refractivity contribution in [3.05, 3.63) is 75.4 Å². The van der Waals surface area contributed by atoms with Crippen LogP contribution in [0, 0.1) is 6.92 Å². The van der Waals surface area contributed by atoms with Crippen LogP contribution in [0.2, 0.25) is 0 Å². The van der Waals surface area contributed by atoms with Crippen molar-refractivity contribution in [2.45, 2.75) is 6.92 Å². The summed E-state index contributed by atoms with van der Waals surface area (Å²) in [5.74, 6) is 1.77. The van der Waals surface area contributed by atoms with Gasteiger partial charge in [0, 0.05) is 20.6 Å². The van der Waals surface area contributed by atoms with E-state index in [2.05, 4.69) is 56.1 Å². The van der Waals surface area contributed by atoms with Crippen molar-refractivity contribution in [3.63, 3.8) is 0 Å². The number of hydrogen-bond acceptors (Lipinski definition) is 0. The lowest BCUT2D eigenvalue weighted by Gasteiger charge is -2.01. The molecule has 0 radical (unpaired) electrons. The van der Waals surface area contributed by atoms with Crippen LogP contribution in [0.15, 0.2) is 74.0 Å². The number of hydrogen-bond donors (Lipinski definition) is 0. The highest BCUT2D eigenvalue weighted by molar-refractivity contribution is 9.10. The highest BCUT2D eigenvalue weighted by Gasteiger charge is 2.16. The standard InChI is InChI=1S/C18H13Br2O/c1-12-10-15(13-2-6-16(19)7-3-13)11-18(21-12)14-4-8-17(20)9-5-14/h2-11H,1H3/q+1. The summed E-state index contributed by atoms with van der Waals surface area (Å²) in [7, 11) is 0. The molecule has 0 atom stereocenters. The molecule has 1 heterocycles. The second kappa shape index (κ2) is 6.12. The Hall–Kier alpha value is -1.45. The fourth-order valence-corrected chi connectivity index (χ4v) is 2.73. The zero-order valence-corrected chi connectivity index (χ0v) is 14.6. The Balaban J connectivity index is 2.07. The molecule has 21 heavy (non-hydrogen) atoms. The van der Waals surface area contributed by atoms with Gasteiger partial charge >= 0.3 is 11.5 Å². The van der Waals surface area contributed by atoms with Crippen molar-refractivity contribution < 1.29 is 4.42 Å². The van der Waals surface area contributed by atoms with Gasteiger partial charge in [-0.3, -0.25) is 0 Å². The van der Waals surface area contributed by atoms with Crippen molar-refractivity contribution in [1.82, 2.24) is 0 Å². The van der Waals surface area contributed by atoms with Gasteiger partial charge in [0.1, 0.15) is 0 Å². The number of benzene rings is 2. The maximum Gasteiger partial charge on any atom is 0.360 e. The van der Waals surface area contributed by atoms with Gasteiger partial charge < -0.3 is 0 Å². The van der Waals surface area contributed by atoms with Crippen molar-refractivity contribution in [1.29, 1.82) is 0 Å². The van der Waals surface area contributed by atoms with E-state index in [0.717, 1.165) is 31.6 Å². The molecule has 104 valence electrons. The molecule has 0 saturated heterocycles. The van der Waals surface area contributed by atoms with Crippen LogP contribution >= 0.6 is 31.9 Å². The molecule has 3 rings (SSSR count). The van der Waals surface area contributed by atoms with Crippen LogP contribution in [-0.2, 0) is 0 Å². The number of halogens is 2. The monoisotopic (exact) mass is 403 g/mol. The first-order valence-corrected chi connectivity index (χ1v) is 8.17. The predicted octanol–water partition coefficient (Wildman–Crippen LogP) is 6.73. The molecule has 0 N–H and O–H groups in total. The van der Waals surface area contributed by atoms with E-state index in [1.165, 1.54) is 5.56 Å². The Morgan fingerprint density at radius 2 is 1.19 bits per heavy atom. The molecule has 2 aromatic carbocycles. The molecule has 0 unspecified atom stereocenters. The minimum Gasteiger partial charge on any atom is -0.213 e. The van der Waals surface area contributed by atoms with Crippen LogP contribution in [0.4, 0.5) is 0 Å². The molecule has 0 aliphatic rings. The quantitative estimate of drug-likeness (QED) is 0.431. The Morgan fingerprint density at radius 3 is 1.76 bits per heavy atom. The summed E-state index contributed by atoms with van der Waals surface area (Å²) in [6.07, 6.45) is 0. The van der Waals surface area contributed by atoms with E-state index in [1.807, 2.05) is 43.3 Å². The first kappa shape index (κ1) is 14.5. The van der Waals surface area contributed by atoms with Gasteiger partial charge in [0.15, 0.2) is 0 Å². The summed E-state index contributed by atoms with van der Waals surface area (Å²) in [5.41, 5.74) is 3.40. The van der Waals surface area contributed by atoms with Crippen LogP contribution < -0.4 is 0 Å². The predicted molar refractivity (Wildman–Crippen MR) is 94.1 cm³/mol. The summed E-state index contributed by atoms with van der Waals surface area (Å²) < 4.78 is 8.01. The maximum atomic E-state index is 5.86. The molecule has 0 spiro atoms. The number of aryl methyl sites for hydroxylation is 1.